The SMILES string of the molecule is COC(=O)c1ccc(OCC(=O)NCc2cccc(Cl)c2)c(OC)c1. The zero-order chi connectivity index (χ0) is 18.2. The van der Waals surface area contributed by atoms with E-state index in [9.17, 15) is 9.59 Å². The minimum Gasteiger partial charge on any atom is -0.493 e. The van der Waals surface area contributed by atoms with Crippen molar-refractivity contribution in [3.05, 3.63) is 58.6 Å². The van der Waals surface area contributed by atoms with Gasteiger partial charge in [0.15, 0.2) is 18.1 Å². The maximum absolute atomic E-state index is 11.9. The van der Waals surface area contributed by atoms with E-state index in [1.165, 1.54) is 26.4 Å². The Morgan fingerprint density at radius 3 is 2.56 bits per heavy atom. The van der Waals surface area contributed by atoms with Crippen LogP contribution in [0, 0.1) is 0 Å². The van der Waals surface area contributed by atoms with Gasteiger partial charge in [-0.25, -0.2) is 4.79 Å². The van der Waals surface area contributed by atoms with E-state index in [4.69, 9.17) is 21.1 Å². The third-order valence-electron chi connectivity index (χ3n) is 3.32. The third-order valence-corrected chi connectivity index (χ3v) is 3.56. The van der Waals surface area contributed by atoms with Crippen molar-refractivity contribution >= 4 is 23.5 Å². The van der Waals surface area contributed by atoms with Gasteiger partial charge in [-0.1, -0.05) is 23.7 Å². The van der Waals surface area contributed by atoms with Crippen LogP contribution in [0.4, 0.5) is 0 Å². The number of rotatable bonds is 7. The maximum Gasteiger partial charge on any atom is 0.337 e. The van der Waals surface area contributed by atoms with Gasteiger partial charge in [-0.15, -0.1) is 0 Å². The van der Waals surface area contributed by atoms with Gasteiger partial charge in [0.25, 0.3) is 5.91 Å². The van der Waals surface area contributed by atoms with Crippen molar-refractivity contribution in [1.29, 1.82) is 0 Å². The summed E-state index contributed by atoms with van der Waals surface area (Å²) in [5.74, 6) is -0.0817. The molecular formula is C18H18ClNO5. The first kappa shape index (κ1) is 18.6. The van der Waals surface area contributed by atoms with Gasteiger partial charge in [0.1, 0.15) is 0 Å². The summed E-state index contributed by atoms with van der Waals surface area (Å²) in [5.41, 5.74) is 1.22. The number of carbonyl (C=O) groups is 2. The van der Waals surface area contributed by atoms with Crippen LogP contribution in [-0.4, -0.2) is 32.7 Å². The molecule has 0 aliphatic carbocycles. The van der Waals surface area contributed by atoms with Crippen LogP contribution in [0.1, 0.15) is 15.9 Å². The lowest BCUT2D eigenvalue weighted by Gasteiger charge is -2.12. The Bertz CT molecular complexity index is 763. The summed E-state index contributed by atoms with van der Waals surface area (Å²) >= 11 is 5.90. The predicted octanol–water partition coefficient (Wildman–Crippen LogP) is 2.83. The standard InChI is InChI=1S/C18H18ClNO5/c1-23-16-9-13(18(22)24-2)6-7-15(16)25-11-17(21)20-10-12-4-3-5-14(19)8-12/h3-9H,10-11H2,1-2H3,(H,20,21). The molecule has 2 aromatic rings. The molecule has 0 bridgehead atoms. The quantitative estimate of drug-likeness (QED) is 0.766. The lowest BCUT2D eigenvalue weighted by atomic mass is 10.2. The van der Waals surface area contributed by atoms with Crippen molar-refractivity contribution in [3.8, 4) is 11.5 Å². The van der Waals surface area contributed by atoms with Gasteiger partial charge in [0, 0.05) is 11.6 Å². The Morgan fingerprint density at radius 2 is 1.88 bits per heavy atom. The topological polar surface area (TPSA) is 73.9 Å². The molecular weight excluding hydrogens is 346 g/mol. The van der Waals surface area contributed by atoms with E-state index in [1.807, 2.05) is 12.1 Å². The molecule has 0 aliphatic heterocycles. The van der Waals surface area contributed by atoms with E-state index >= 15 is 0 Å². The second-order valence-electron chi connectivity index (χ2n) is 5.05. The summed E-state index contributed by atoms with van der Waals surface area (Å²) in [7, 11) is 2.74. The second kappa shape index (κ2) is 8.94. The summed E-state index contributed by atoms with van der Waals surface area (Å²) in [5, 5.41) is 3.34. The Balaban J connectivity index is 1.91. The van der Waals surface area contributed by atoms with Crippen molar-refractivity contribution < 1.29 is 23.8 Å². The molecule has 1 N–H and O–H groups in total. The smallest absolute Gasteiger partial charge is 0.337 e. The van der Waals surface area contributed by atoms with Crippen LogP contribution in [0.3, 0.4) is 0 Å². The fourth-order valence-corrected chi connectivity index (χ4v) is 2.29. The molecule has 1 amide bonds. The molecule has 0 fully saturated rings. The molecule has 2 aromatic carbocycles. The van der Waals surface area contributed by atoms with Crippen LogP contribution < -0.4 is 14.8 Å². The van der Waals surface area contributed by atoms with Gasteiger partial charge in [-0.3, -0.25) is 4.79 Å². The van der Waals surface area contributed by atoms with Gasteiger partial charge in [0.2, 0.25) is 0 Å². The molecule has 0 heterocycles. The molecule has 0 saturated carbocycles. The van der Waals surface area contributed by atoms with Gasteiger partial charge >= 0.3 is 5.97 Å². The van der Waals surface area contributed by atoms with Gasteiger partial charge in [0.05, 0.1) is 19.8 Å². The molecule has 0 unspecified atom stereocenters. The van der Waals surface area contributed by atoms with Crippen molar-refractivity contribution in [2.75, 3.05) is 20.8 Å². The first-order valence-electron chi connectivity index (χ1n) is 7.43. The summed E-state index contributed by atoms with van der Waals surface area (Å²) in [6, 6.07) is 11.8. The van der Waals surface area contributed by atoms with Crippen molar-refractivity contribution in [1.82, 2.24) is 5.32 Å². The van der Waals surface area contributed by atoms with Crippen LogP contribution in [0.2, 0.25) is 5.02 Å². The van der Waals surface area contributed by atoms with E-state index in [0.29, 0.717) is 28.6 Å². The highest BCUT2D eigenvalue weighted by Gasteiger charge is 2.12. The maximum atomic E-state index is 11.9. The lowest BCUT2D eigenvalue weighted by Crippen LogP contribution is -2.28. The van der Waals surface area contributed by atoms with Gasteiger partial charge in [-0.2, -0.15) is 0 Å². The number of nitrogens with one attached hydrogen (secondary N) is 1. The monoisotopic (exact) mass is 363 g/mol. The predicted molar refractivity (Wildman–Crippen MR) is 93.1 cm³/mol. The summed E-state index contributed by atoms with van der Waals surface area (Å²) in [4.78, 5) is 23.4. The number of halogens is 1. The number of carbonyl (C=O) groups excluding carboxylic acids is 2. The number of esters is 1. The van der Waals surface area contributed by atoms with Gasteiger partial charge < -0.3 is 19.5 Å². The number of methoxy groups -OCH3 is 2. The first-order valence-corrected chi connectivity index (χ1v) is 7.81. The van der Waals surface area contributed by atoms with E-state index in [0.717, 1.165) is 5.56 Å². The molecule has 0 saturated heterocycles. The van der Waals surface area contributed by atoms with Crippen molar-refractivity contribution in [2.45, 2.75) is 6.54 Å². The fraction of sp³-hybridized carbons (Fsp3) is 0.222. The summed E-state index contributed by atoms with van der Waals surface area (Å²) in [6.07, 6.45) is 0. The Morgan fingerprint density at radius 1 is 1.08 bits per heavy atom. The third kappa shape index (κ3) is 5.39. The van der Waals surface area contributed by atoms with Crippen LogP contribution in [0.5, 0.6) is 11.5 Å². The summed E-state index contributed by atoms with van der Waals surface area (Å²) in [6.45, 7) is 0.162. The number of ether oxygens (including phenoxy) is 3. The minimum absolute atomic E-state index is 0.186. The zero-order valence-corrected chi connectivity index (χ0v) is 14.6. The molecule has 25 heavy (non-hydrogen) atoms. The fourth-order valence-electron chi connectivity index (χ4n) is 2.07. The average molecular weight is 364 g/mol. The molecule has 0 radical (unpaired) electrons. The molecule has 0 aromatic heterocycles. The largest absolute Gasteiger partial charge is 0.493 e. The lowest BCUT2D eigenvalue weighted by molar-refractivity contribution is -0.123. The Hall–Kier alpha value is -2.73. The average Bonchev–Trinajstić information content (AvgIpc) is 2.63. The molecule has 7 heteroatoms. The Kier molecular flexibility index (Phi) is 6.65. The van der Waals surface area contributed by atoms with Crippen LogP contribution in [0.15, 0.2) is 42.5 Å². The molecule has 0 atom stereocenters. The zero-order valence-electron chi connectivity index (χ0n) is 13.9. The van der Waals surface area contributed by atoms with Gasteiger partial charge in [-0.05, 0) is 35.9 Å². The van der Waals surface area contributed by atoms with Crippen molar-refractivity contribution in [3.63, 3.8) is 0 Å². The molecule has 0 spiro atoms. The molecule has 132 valence electrons. The first-order chi connectivity index (χ1) is 12.0. The number of benzene rings is 2. The molecule has 2 rings (SSSR count). The Labute approximate surface area is 150 Å². The van der Waals surface area contributed by atoms with E-state index in [-0.39, 0.29) is 12.5 Å². The van der Waals surface area contributed by atoms with E-state index < -0.39 is 5.97 Å². The second-order valence-corrected chi connectivity index (χ2v) is 5.49. The minimum atomic E-state index is -0.482. The van der Waals surface area contributed by atoms with E-state index in [2.05, 4.69) is 10.1 Å². The van der Waals surface area contributed by atoms with Crippen LogP contribution in [0.25, 0.3) is 0 Å². The number of amides is 1. The van der Waals surface area contributed by atoms with Crippen molar-refractivity contribution in [2.24, 2.45) is 0 Å². The summed E-state index contributed by atoms with van der Waals surface area (Å²) < 4.78 is 15.3. The highest BCUT2D eigenvalue weighted by atomic mass is 35.5. The van der Waals surface area contributed by atoms with E-state index in [1.54, 1.807) is 18.2 Å². The highest BCUT2D eigenvalue weighted by Crippen LogP contribution is 2.28. The molecule has 6 nitrogen and oxygen atoms in total. The number of hydrogen-bond acceptors (Lipinski definition) is 5. The molecule has 0 aliphatic rings. The normalized spacial score (nSPS) is 10.0. The number of hydrogen-bond donors (Lipinski definition) is 1. The highest BCUT2D eigenvalue weighted by molar-refractivity contribution is 6.30. The van der Waals surface area contributed by atoms with Crippen LogP contribution in [-0.2, 0) is 16.1 Å². The van der Waals surface area contributed by atoms with Crippen LogP contribution >= 0.6 is 11.6 Å².